The van der Waals surface area contributed by atoms with Crippen molar-refractivity contribution in [1.29, 1.82) is 0 Å². The van der Waals surface area contributed by atoms with Crippen molar-refractivity contribution >= 4 is 11.9 Å². The first-order chi connectivity index (χ1) is 8.90. The molecule has 5 nitrogen and oxygen atoms in total. The van der Waals surface area contributed by atoms with Crippen molar-refractivity contribution in [3.8, 4) is 0 Å². The summed E-state index contributed by atoms with van der Waals surface area (Å²) in [5, 5.41) is 5.93. The first-order valence-electron chi connectivity index (χ1n) is 6.56. The van der Waals surface area contributed by atoms with E-state index in [9.17, 15) is 4.79 Å². The third kappa shape index (κ3) is 6.76. The van der Waals surface area contributed by atoms with Crippen molar-refractivity contribution in [1.82, 2.24) is 10.3 Å². The summed E-state index contributed by atoms with van der Waals surface area (Å²) in [5.41, 5.74) is 0.569. The van der Waals surface area contributed by atoms with Crippen molar-refractivity contribution in [3.63, 3.8) is 0 Å². The molecular formula is C14H23N3O2. The van der Waals surface area contributed by atoms with E-state index in [1.54, 1.807) is 6.20 Å². The zero-order chi connectivity index (χ0) is 14.3. The van der Waals surface area contributed by atoms with E-state index < -0.39 is 11.7 Å². The normalized spacial score (nSPS) is 11.2. The summed E-state index contributed by atoms with van der Waals surface area (Å²) in [6.07, 6.45) is 2.28. The van der Waals surface area contributed by atoms with Gasteiger partial charge in [0.25, 0.3) is 0 Å². The van der Waals surface area contributed by atoms with Crippen LogP contribution in [0, 0.1) is 0 Å². The van der Waals surface area contributed by atoms with E-state index in [0.29, 0.717) is 5.82 Å². The van der Waals surface area contributed by atoms with Crippen LogP contribution in [-0.4, -0.2) is 23.2 Å². The lowest BCUT2D eigenvalue weighted by Gasteiger charge is -2.19. The minimum Gasteiger partial charge on any atom is -0.444 e. The number of pyridine rings is 1. The molecule has 1 amide bonds. The molecule has 0 saturated heterocycles. The molecule has 0 fully saturated rings. The quantitative estimate of drug-likeness (QED) is 0.803. The molecule has 0 aliphatic rings. The molecule has 0 aliphatic carbocycles. The Bertz CT molecular complexity index is 413. The number of aromatic nitrogens is 1. The molecule has 0 bridgehead atoms. The Morgan fingerprint density at radius 2 is 2.16 bits per heavy atom. The predicted molar refractivity (Wildman–Crippen MR) is 76.1 cm³/mol. The molecule has 1 rings (SSSR count). The molecule has 0 saturated carbocycles. The van der Waals surface area contributed by atoms with E-state index in [1.165, 1.54) is 0 Å². The molecule has 0 radical (unpaired) electrons. The van der Waals surface area contributed by atoms with Crippen LogP contribution in [0.2, 0.25) is 0 Å². The van der Waals surface area contributed by atoms with Gasteiger partial charge >= 0.3 is 6.09 Å². The van der Waals surface area contributed by atoms with E-state index in [2.05, 4.69) is 22.5 Å². The zero-order valence-corrected chi connectivity index (χ0v) is 12.1. The van der Waals surface area contributed by atoms with Crippen LogP contribution >= 0.6 is 0 Å². The number of amides is 1. The van der Waals surface area contributed by atoms with Crippen molar-refractivity contribution in [3.05, 3.63) is 23.9 Å². The average molecular weight is 265 g/mol. The van der Waals surface area contributed by atoms with Crippen LogP contribution in [0.25, 0.3) is 0 Å². The fourth-order valence-corrected chi connectivity index (χ4v) is 1.47. The van der Waals surface area contributed by atoms with E-state index in [0.717, 1.165) is 25.1 Å². The molecule has 1 aromatic heterocycles. The standard InChI is InChI=1S/C14H23N3O2/c1-5-7-15-10-11-6-8-16-12(9-11)17-13(18)19-14(2,3)4/h6,8-9,15H,5,7,10H2,1-4H3,(H,16,17,18). The van der Waals surface area contributed by atoms with Gasteiger partial charge in [0.15, 0.2) is 0 Å². The second-order valence-electron chi connectivity index (χ2n) is 5.35. The van der Waals surface area contributed by atoms with Crippen molar-refractivity contribution in [2.24, 2.45) is 0 Å². The van der Waals surface area contributed by atoms with Crippen LogP contribution in [0.15, 0.2) is 18.3 Å². The third-order valence-corrected chi connectivity index (χ3v) is 2.21. The summed E-state index contributed by atoms with van der Waals surface area (Å²) in [6.45, 7) is 9.33. The van der Waals surface area contributed by atoms with Gasteiger partial charge in [0.2, 0.25) is 0 Å². The number of hydrogen-bond donors (Lipinski definition) is 2. The summed E-state index contributed by atoms with van der Waals surface area (Å²) in [4.78, 5) is 15.7. The van der Waals surface area contributed by atoms with Crippen LogP contribution in [0.1, 0.15) is 39.7 Å². The number of anilines is 1. The van der Waals surface area contributed by atoms with Gasteiger partial charge in [0, 0.05) is 12.7 Å². The monoisotopic (exact) mass is 265 g/mol. The number of carbonyl (C=O) groups excluding carboxylic acids is 1. The lowest BCUT2D eigenvalue weighted by Crippen LogP contribution is -2.27. The molecule has 106 valence electrons. The smallest absolute Gasteiger partial charge is 0.413 e. The second kappa shape index (κ2) is 7.09. The molecule has 0 spiro atoms. The predicted octanol–water partition coefficient (Wildman–Crippen LogP) is 2.93. The van der Waals surface area contributed by atoms with Gasteiger partial charge in [-0.05, 0) is 51.4 Å². The highest BCUT2D eigenvalue weighted by molar-refractivity contribution is 5.83. The summed E-state index contributed by atoms with van der Waals surface area (Å²) >= 11 is 0. The Kier molecular flexibility index (Phi) is 5.76. The fraction of sp³-hybridized carbons (Fsp3) is 0.571. The van der Waals surface area contributed by atoms with Gasteiger partial charge in [0.1, 0.15) is 11.4 Å². The lowest BCUT2D eigenvalue weighted by atomic mass is 10.2. The Balaban J connectivity index is 2.54. The Hall–Kier alpha value is -1.62. The molecule has 1 heterocycles. The van der Waals surface area contributed by atoms with Gasteiger partial charge in [-0.15, -0.1) is 0 Å². The first-order valence-corrected chi connectivity index (χ1v) is 6.56. The second-order valence-corrected chi connectivity index (χ2v) is 5.35. The van der Waals surface area contributed by atoms with E-state index >= 15 is 0 Å². The molecule has 0 atom stereocenters. The molecule has 0 unspecified atom stereocenters. The molecule has 19 heavy (non-hydrogen) atoms. The minimum atomic E-state index is -0.510. The summed E-state index contributed by atoms with van der Waals surface area (Å²) in [7, 11) is 0. The lowest BCUT2D eigenvalue weighted by molar-refractivity contribution is 0.0635. The maximum absolute atomic E-state index is 11.6. The molecular weight excluding hydrogens is 242 g/mol. The number of nitrogens with zero attached hydrogens (tertiary/aromatic N) is 1. The van der Waals surface area contributed by atoms with Gasteiger partial charge in [0.05, 0.1) is 0 Å². The Morgan fingerprint density at radius 3 is 2.79 bits per heavy atom. The van der Waals surface area contributed by atoms with Crippen LogP contribution < -0.4 is 10.6 Å². The van der Waals surface area contributed by atoms with E-state index in [4.69, 9.17) is 4.74 Å². The van der Waals surface area contributed by atoms with Crippen molar-refractivity contribution in [2.75, 3.05) is 11.9 Å². The highest BCUT2D eigenvalue weighted by Gasteiger charge is 2.16. The van der Waals surface area contributed by atoms with Crippen LogP contribution in [0.4, 0.5) is 10.6 Å². The van der Waals surface area contributed by atoms with Crippen molar-refractivity contribution < 1.29 is 9.53 Å². The molecule has 0 aliphatic heterocycles. The summed E-state index contributed by atoms with van der Waals surface area (Å²) in [6, 6.07) is 3.76. The van der Waals surface area contributed by atoms with Crippen LogP contribution in [0.5, 0.6) is 0 Å². The molecule has 1 aromatic rings. The van der Waals surface area contributed by atoms with Gasteiger partial charge in [-0.3, -0.25) is 5.32 Å². The van der Waals surface area contributed by atoms with Crippen LogP contribution in [0.3, 0.4) is 0 Å². The highest BCUT2D eigenvalue weighted by atomic mass is 16.6. The zero-order valence-electron chi connectivity index (χ0n) is 12.1. The number of ether oxygens (including phenoxy) is 1. The third-order valence-electron chi connectivity index (χ3n) is 2.21. The SMILES string of the molecule is CCCNCc1ccnc(NC(=O)OC(C)(C)C)c1. The number of carbonyl (C=O) groups is 1. The van der Waals surface area contributed by atoms with Gasteiger partial charge in [-0.2, -0.15) is 0 Å². The van der Waals surface area contributed by atoms with E-state index in [-0.39, 0.29) is 0 Å². The highest BCUT2D eigenvalue weighted by Crippen LogP contribution is 2.11. The van der Waals surface area contributed by atoms with Gasteiger partial charge in [-0.25, -0.2) is 9.78 Å². The fourth-order valence-electron chi connectivity index (χ4n) is 1.47. The molecule has 2 N–H and O–H groups in total. The number of hydrogen-bond acceptors (Lipinski definition) is 4. The van der Waals surface area contributed by atoms with E-state index in [1.807, 2.05) is 32.9 Å². The topological polar surface area (TPSA) is 63.2 Å². The molecule has 5 heteroatoms. The summed E-state index contributed by atoms with van der Waals surface area (Å²) < 4.78 is 5.17. The Morgan fingerprint density at radius 1 is 1.42 bits per heavy atom. The van der Waals surface area contributed by atoms with Gasteiger partial charge in [-0.1, -0.05) is 6.92 Å². The summed E-state index contributed by atoms with van der Waals surface area (Å²) in [5.74, 6) is 0.505. The number of rotatable bonds is 5. The maximum atomic E-state index is 11.6. The Labute approximate surface area is 114 Å². The maximum Gasteiger partial charge on any atom is 0.413 e. The van der Waals surface area contributed by atoms with Crippen molar-refractivity contribution in [2.45, 2.75) is 46.3 Å². The minimum absolute atomic E-state index is 0.487. The number of nitrogens with one attached hydrogen (secondary N) is 2. The average Bonchev–Trinajstić information content (AvgIpc) is 2.27. The molecule has 0 aromatic carbocycles. The first kappa shape index (κ1) is 15.4. The van der Waals surface area contributed by atoms with Gasteiger partial charge < -0.3 is 10.1 Å². The largest absolute Gasteiger partial charge is 0.444 e. The van der Waals surface area contributed by atoms with Crippen LogP contribution in [-0.2, 0) is 11.3 Å².